The molecule has 0 fully saturated rings. The maximum atomic E-state index is 11.4. The Balaban J connectivity index is 2.62. The van der Waals surface area contributed by atoms with Crippen molar-refractivity contribution >= 4 is 6.29 Å². The summed E-state index contributed by atoms with van der Waals surface area (Å²) in [6.07, 6.45) is 0.797. The Bertz CT molecular complexity index is 742. The van der Waals surface area contributed by atoms with E-state index in [0.717, 1.165) is 0 Å². The molecule has 0 unspecified atom stereocenters. The molecule has 0 radical (unpaired) electrons. The van der Waals surface area contributed by atoms with Gasteiger partial charge in [0.1, 0.15) is 17.2 Å². The van der Waals surface area contributed by atoms with Crippen LogP contribution in [0.25, 0.3) is 0 Å². The van der Waals surface area contributed by atoms with Crippen LogP contribution in [0.15, 0.2) is 18.2 Å². The van der Waals surface area contributed by atoms with Gasteiger partial charge in [0.05, 0.1) is 26.9 Å². The van der Waals surface area contributed by atoms with Gasteiger partial charge in [0.2, 0.25) is 0 Å². The molecule has 2 aromatic rings. The molecule has 0 aliphatic heterocycles. The summed E-state index contributed by atoms with van der Waals surface area (Å²) in [6, 6.07) is 5.08. The second kappa shape index (κ2) is 7.12. The van der Waals surface area contributed by atoms with Crippen molar-refractivity contribution in [3.8, 4) is 28.7 Å². The zero-order valence-electron chi connectivity index (χ0n) is 14.0. The van der Waals surface area contributed by atoms with Gasteiger partial charge in [-0.15, -0.1) is 0 Å². The number of phenols is 2. The quantitative estimate of drug-likeness (QED) is 0.625. The predicted molar refractivity (Wildman–Crippen MR) is 88.8 cm³/mol. The molecule has 0 aliphatic carbocycles. The lowest BCUT2D eigenvalue weighted by atomic mass is 9.95. The van der Waals surface area contributed by atoms with Crippen LogP contribution in [0.2, 0.25) is 0 Å². The van der Waals surface area contributed by atoms with Crippen molar-refractivity contribution < 1.29 is 29.2 Å². The van der Waals surface area contributed by atoms with Crippen molar-refractivity contribution in [1.82, 2.24) is 0 Å². The van der Waals surface area contributed by atoms with Crippen LogP contribution >= 0.6 is 0 Å². The first-order valence-electron chi connectivity index (χ1n) is 7.25. The lowest BCUT2D eigenvalue weighted by Crippen LogP contribution is -2.02. The number of ether oxygens (including phenoxy) is 3. The number of aryl methyl sites for hydroxylation is 1. The zero-order valence-corrected chi connectivity index (χ0v) is 14.0. The van der Waals surface area contributed by atoms with E-state index in [4.69, 9.17) is 14.2 Å². The van der Waals surface area contributed by atoms with Gasteiger partial charge in [0, 0.05) is 24.1 Å². The SMILES string of the molecule is COc1cc(OC)c(Cc2cc(C)c(O)c(O)c2C=O)c(OC)c1. The lowest BCUT2D eigenvalue weighted by molar-refractivity contribution is 0.111. The Hall–Kier alpha value is -2.89. The third-order valence-corrected chi connectivity index (χ3v) is 3.89. The fraction of sp³-hybridized carbons (Fsp3) is 0.278. The summed E-state index contributed by atoms with van der Waals surface area (Å²) in [7, 11) is 4.59. The summed E-state index contributed by atoms with van der Waals surface area (Å²) >= 11 is 0. The van der Waals surface area contributed by atoms with Gasteiger partial charge < -0.3 is 24.4 Å². The van der Waals surface area contributed by atoms with Crippen LogP contribution in [0, 0.1) is 6.92 Å². The van der Waals surface area contributed by atoms with Crippen LogP contribution in [0.3, 0.4) is 0 Å². The second-order valence-corrected chi connectivity index (χ2v) is 5.27. The van der Waals surface area contributed by atoms with Gasteiger partial charge in [-0.05, 0) is 18.1 Å². The molecular weight excluding hydrogens is 312 g/mol. The smallest absolute Gasteiger partial charge is 0.168 e. The normalized spacial score (nSPS) is 10.3. The van der Waals surface area contributed by atoms with Gasteiger partial charge >= 0.3 is 0 Å². The first-order valence-corrected chi connectivity index (χ1v) is 7.25. The van der Waals surface area contributed by atoms with Crippen LogP contribution < -0.4 is 14.2 Å². The van der Waals surface area contributed by atoms with Gasteiger partial charge in [0.15, 0.2) is 17.8 Å². The summed E-state index contributed by atoms with van der Waals surface area (Å²) < 4.78 is 16.0. The zero-order chi connectivity index (χ0) is 17.9. The number of benzene rings is 2. The van der Waals surface area contributed by atoms with Crippen LogP contribution in [0.1, 0.15) is 27.0 Å². The molecule has 0 bridgehead atoms. The predicted octanol–water partition coefficient (Wildman–Crippen LogP) is 2.84. The molecule has 0 aromatic heterocycles. The Morgan fingerprint density at radius 2 is 1.54 bits per heavy atom. The standard InChI is InChI=1S/C18H20O6/c1-10-5-11(14(9-19)18(21)17(10)20)6-13-15(23-3)7-12(22-2)8-16(13)24-4/h5,7-9,20-21H,6H2,1-4H3. The van der Waals surface area contributed by atoms with E-state index < -0.39 is 5.75 Å². The number of carbonyl (C=O) groups is 1. The molecule has 0 saturated heterocycles. The molecule has 0 heterocycles. The van der Waals surface area contributed by atoms with E-state index in [1.54, 1.807) is 32.2 Å². The molecule has 0 atom stereocenters. The average molecular weight is 332 g/mol. The highest BCUT2D eigenvalue weighted by Gasteiger charge is 2.19. The molecule has 0 aliphatic rings. The van der Waals surface area contributed by atoms with Crippen LogP contribution in [0.4, 0.5) is 0 Å². The van der Waals surface area contributed by atoms with Crippen LogP contribution in [-0.4, -0.2) is 37.8 Å². The van der Waals surface area contributed by atoms with Crippen molar-refractivity contribution in [1.29, 1.82) is 0 Å². The van der Waals surface area contributed by atoms with E-state index in [9.17, 15) is 15.0 Å². The number of hydrogen-bond donors (Lipinski definition) is 2. The number of aromatic hydroxyl groups is 2. The fourth-order valence-corrected chi connectivity index (χ4v) is 2.59. The summed E-state index contributed by atoms with van der Waals surface area (Å²) in [5, 5.41) is 19.8. The molecule has 0 amide bonds. The van der Waals surface area contributed by atoms with Gasteiger partial charge in [-0.2, -0.15) is 0 Å². The largest absolute Gasteiger partial charge is 0.504 e. The summed E-state index contributed by atoms with van der Waals surface area (Å²) in [5.41, 5.74) is 1.77. The monoisotopic (exact) mass is 332 g/mol. The summed E-state index contributed by atoms with van der Waals surface area (Å²) in [6.45, 7) is 1.65. The Morgan fingerprint density at radius 1 is 0.958 bits per heavy atom. The number of phenolic OH excluding ortho intramolecular Hbond substituents is 2. The van der Waals surface area contributed by atoms with Crippen LogP contribution in [-0.2, 0) is 6.42 Å². The highest BCUT2D eigenvalue weighted by atomic mass is 16.5. The number of methoxy groups -OCH3 is 3. The van der Waals surface area contributed by atoms with Crippen molar-refractivity contribution in [3.63, 3.8) is 0 Å². The van der Waals surface area contributed by atoms with E-state index in [1.165, 1.54) is 14.2 Å². The van der Waals surface area contributed by atoms with Gasteiger partial charge in [-0.3, -0.25) is 4.79 Å². The Morgan fingerprint density at radius 3 is 2.00 bits per heavy atom. The van der Waals surface area contributed by atoms with Gasteiger partial charge in [-0.1, -0.05) is 6.07 Å². The number of carbonyl (C=O) groups excluding carboxylic acids is 1. The number of hydrogen-bond acceptors (Lipinski definition) is 6. The number of rotatable bonds is 6. The minimum Gasteiger partial charge on any atom is -0.504 e. The van der Waals surface area contributed by atoms with Crippen LogP contribution in [0.5, 0.6) is 28.7 Å². The first-order chi connectivity index (χ1) is 11.5. The van der Waals surface area contributed by atoms with Gasteiger partial charge in [-0.25, -0.2) is 0 Å². The van der Waals surface area contributed by atoms with Gasteiger partial charge in [0.25, 0.3) is 0 Å². The Labute approximate surface area is 140 Å². The van der Waals surface area contributed by atoms with E-state index in [2.05, 4.69) is 0 Å². The molecule has 2 rings (SSSR count). The van der Waals surface area contributed by atoms with Crippen molar-refractivity contribution in [2.45, 2.75) is 13.3 Å². The third kappa shape index (κ3) is 3.08. The Kier molecular flexibility index (Phi) is 5.18. The minimum absolute atomic E-state index is 0.0398. The number of aldehydes is 1. The molecule has 24 heavy (non-hydrogen) atoms. The first kappa shape index (κ1) is 17.5. The molecular formula is C18H20O6. The molecule has 0 saturated carbocycles. The van der Waals surface area contributed by atoms with Crippen molar-refractivity contribution in [2.24, 2.45) is 0 Å². The summed E-state index contributed by atoms with van der Waals surface area (Å²) in [5.74, 6) is 0.926. The molecule has 2 N–H and O–H groups in total. The van der Waals surface area contributed by atoms with Crippen molar-refractivity contribution in [2.75, 3.05) is 21.3 Å². The van der Waals surface area contributed by atoms with E-state index in [-0.39, 0.29) is 17.7 Å². The second-order valence-electron chi connectivity index (χ2n) is 5.27. The molecule has 0 spiro atoms. The third-order valence-electron chi connectivity index (χ3n) is 3.89. The topological polar surface area (TPSA) is 85.2 Å². The van der Waals surface area contributed by atoms with E-state index >= 15 is 0 Å². The fourth-order valence-electron chi connectivity index (χ4n) is 2.59. The van der Waals surface area contributed by atoms with E-state index in [0.29, 0.717) is 40.2 Å². The highest BCUT2D eigenvalue weighted by Crippen LogP contribution is 2.39. The maximum absolute atomic E-state index is 11.4. The summed E-state index contributed by atoms with van der Waals surface area (Å²) in [4.78, 5) is 11.4. The molecule has 6 nitrogen and oxygen atoms in total. The maximum Gasteiger partial charge on any atom is 0.168 e. The lowest BCUT2D eigenvalue weighted by Gasteiger charge is -2.17. The van der Waals surface area contributed by atoms with E-state index in [1.807, 2.05) is 0 Å². The highest BCUT2D eigenvalue weighted by molar-refractivity contribution is 5.84. The average Bonchev–Trinajstić information content (AvgIpc) is 2.60. The molecule has 6 heteroatoms. The molecule has 128 valence electrons. The minimum atomic E-state index is -0.425. The van der Waals surface area contributed by atoms with Crippen molar-refractivity contribution in [3.05, 3.63) is 40.5 Å². The molecule has 2 aromatic carbocycles.